The molecule has 1 unspecified atom stereocenters. The molecule has 1 aromatic rings. The predicted octanol–water partition coefficient (Wildman–Crippen LogP) is 2.25. The zero-order valence-electron chi connectivity index (χ0n) is 10.2. The normalized spacial score (nSPS) is 19.3. The molecule has 2 rings (SSSR count). The Morgan fingerprint density at radius 1 is 1.50 bits per heavy atom. The van der Waals surface area contributed by atoms with Crippen molar-refractivity contribution >= 4 is 11.7 Å². The van der Waals surface area contributed by atoms with Crippen molar-refractivity contribution in [3.63, 3.8) is 0 Å². The summed E-state index contributed by atoms with van der Waals surface area (Å²) in [4.78, 5) is 12.9. The molecule has 1 fully saturated rings. The molecule has 0 bridgehead atoms. The van der Waals surface area contributed by atoms with Gasteiger partial charge in [-0.2, -0.15) is 5.26 Å². The molecule has 4 nitrogen and oxygen atoms in total. The van der Waals surface area contributed by atoms with Gasteiger partial charge in [0.2, 0.25) is 0 Å². The van der Waals surface area contributed by atoms with E-state index in [9.17, 15) is 4.79 Å². The fourth-order valence-corrected chi connectivity index (χ4v) is 2.54. The van der Waals surface area contributed by atoms with Gasteiger partial charge >= 0.3 is 5.97 Å². The highest BCUT2D eigenvalue weighted by atomic mass is 16.4. The second kappa shape index (κ2) is 5.54. The molecule has 1 aromatic carbocycles. The second-order valence-corrected chi connectivity index (χ2v) is 4.68. The smallest absolute Gasteiger partial charge is 0.303 e. The largest absolute Gasteiger partial charge is 0.481 e. The predicted molar refractivity (Wildman–Crippen MR) is 68.3 cm³/mol. The summed E-state index contributed by atoms with van der Waals surface area (Å²) in [5.74, 6) is -0.557. The average molecular weight is 244 g/mol. The highest BCUT2D eigenvalue weighted by Gasteiger charge is 2.23. The maximum atomic E-state index is 10.8. The Balaban J connectivity index is 2.13. The number of carboxylic acid groups (broad SMARTS) is 1. The van der Waals surface area contributed by atoms with E-state index < -0.39 is 5.97 Å². The molecule has 1 heterocycles. The van der Waals surface area contributed by atoms with Crippen LogP contribution in [0.2, 0.25) is 0 Å². The van der Waals surface area contributed by atoms with Gasteiger partial charge in [0.25, 0.3) is 0 Å². The van der Waals surface area contributed by atoms with Gasteiger partial charge in [0.15, 0.2) is 0 Å². The van der Waals surface area contributed by atoms with Crippen molar-refractivity contribution in [3.05, 3.63) is 29.8 Å². The molecule has 1 saturated heterocycles. The number of nitrogens with zero attached hydrogens (tertiary/aromatic N) is 2. The third-order valence-corrected chi connectivity index (χ3v) is 3.35. The number of rotatable bonds is 3. The molecule has 1 N–H and O–H groups in total. The summed E-state index contributed by atoms with van der Waals surface area (Å²) < 4.78 is 0. The zero-order chi connectivity index (χ0) is 13.0. The van der Waals surface area contributed by atoms with Gasteiger partial charge in [-0.05, 0) is 30.9 Å². The van der Waals surface area contributed by atoms with Crippen LogP contribution in [0.4, 0.5) is 5.69 Å². The van der Waals surface area contributed by atoms with Crippen LogP contribution in [-0.2, 0) is 4.79 Å². The number of piperidine rings is 1. The van der Waals surface area contributed by atoms with Crippen molar-refractivity contribution in [1.82, 2.24) is 0 Å². The van der Waals surface area contributed by atoms with Crippen molar-refractivity contribution < 1.29 is 9.90 Å². The zero-order valence-corrected chi connectivity index (χ0v) is 10.2. The van der Waals surface area contributed by atoms with E-state index in [-0.39, 0.29) is 12.3 Å². The van der Waals surface area contributed by atoms with Crippen LogP contribution in [0, 0.1) is 17.2 Å². The molecule has 0 saturated carbocycles. The van der Waals surface area contributed by atoms with Crippen LogP contribution < -0.4 is 4.90 Å². The molecule has 94 valence electrons. The third kappa shape index (κ3) is 2.80. The first-order valence-corrected chi connectivity index (χ1v) is 6.16. The van der Waals surface area contributed by atoms with Gasteiger partial charge in [0.1, 0.15) is 6.07 Å². The average Bonchev–Trinajstić information content (AvgIpc) is 2.38. The van der Waals surface area contributed by atoms with Crippen molar-refractivity contribution in [1.29, 1.82) is 5.26 Å². The maximum absolute atomic E-state index is 10.8. The standard InChI is InChI=1S/C14H16N2O2/c15-9-12-5-1-2-6-13(12)16-7-3-4-11(10-16)8-14(17)18/h1-2,5-6,11H,3-4,7-8,10H2,(H,17,18). The van der Waals surface area contributed by atoms with Crippen LogP contribution in [-0.4, -0.2) is 24.2 Å². The molecule has 1 atom stereocenters. The van der Waals surface area contributed by atoms with Crippen molar-refractivity contribution in [2.45, 2.75) is 19.3 Å². The van der Waals surface area contributed by atoms with Gasteiger partial charge in [-0.1, -0.05) is 12.1 Å². The Kier molecular flexibility index (Phi) is 3.83. The number of hydrogen-bond donors (Lipinski definition) is 1. The lowest BCUT2D eigenvalue weighted by molar-refractivity contribution is -0.138. The Hall–Kier alpha value is -2.02. The number of carboxylic acids is 1. The number of carbonyl (C=O) groups is 1. The maximum Gasteiger partial charge on any atom is 0.303 e. The van der Waals surface area contributed by atoms with Gasteiger partial charge in [0, 0.05) is 19.5 Å². The Morgan fingerprint density at radius 3 is 3.00 bits per heavy atom. The monoisotopic (exact) mass is 244 g/mol. The van der Waals surface area contributed by atoms with E-state index in [1.807, 2.05) is 18.2 Å². The third-order valence-electron chi connectivity index (χ3n) is 3.35. The minimum Gasteiger partial charge on any atom is -0.481 e. The lowest BCUT2D eigenvalue weighted by Gasteiger charge is -2.34. The van der Waals surface area contributed by atoms with Crippen molar-refractivity contribution in [3.8, 4) is 6.07 Å². The second-order valence-electron chi connectivity index (χ2n) is 4.68. The fraction of sp³-hybridized carbons (Fsp3) is 0.429. The molecule has 0 aromatic heterocycles. The van der Waals surface area contributed by atoms with Gasteiger partial charge < -0.3 is 10.0 Å². The molecular weight excluding hydrogens is 228 g/mol. The Morgan fingerprint density at radius 2 is 2.28 bits per heavy atom. The number of aliphatic carboxylic acids is 1. The molecule has 18 heavy (non-hydrogen) atoms. The summed E-state index contributed by atoms with van der Waals surface area (Å²) in [6.45, 7) is 1.62. The lowest BCUT2D eigenvalue weighted by Crippen LogP contribution is -2.36. The Bertz CT molecular complexity index is 479. The van der Waals surface area contributed by atoms with Crippen LogP contribution in [0.15, 0.2) is 24.3 Å². The summed E-state index contributed by atoms with van der Waals surface area (Å²) in [6.07, 6.45) is 2.15. The van der Waals surface area contributed by atoms with E-state index in [0.717, 1.165) is 31.6 Å². The first kappa shape index (κ1) is 12.4. The van der Waals surface area contributed by atoms with Crippen LogP contribution in [0.25, 0.3) is 0 Å². The van der Waals surface area contributed by atoms with Crippen LogP contribution in [0.3, 0.4) is 0 Å². The molecule has 4 heteroatoms. The molecular formula is C14H16N2O2. The number of benzene rings is 1. The SMILES string of the molecule is N#Cc1ccccc1N1CCCC(CC(=O)O)C1. The van der Waals surface area contributed by atoms with E-state index in [0.29, 0.717) is 5.56 Å². The quantitative estimate of drug-likeness (QED) is 0.885. The molecule has 0 radical (unpaired) electrons. The topological polar surface area (TPSA) is 64.3 Å². The van der Waals surface area contributed by atoms with Crippen LogP contribution >= 0.6 is 0 Å². The number of hydrogen-bond acceptors (Lipinski definition) is 3. The van der Waals surface area contributed by atoms with E-state index in [2.05, 4.69) is 11.0 Å². The van der Waals surface area contributed by atoms with Crippen LogP contribution in [0.5, 0.6) is 0 Å². The summed E-state index contributed by atoms with van der Waals surface area (Å²) in [6, 6.07) is 9.69. The van der Waals surface area contributed by atoms with E-state index >= 15 is 0 Å². The first-order valence-electron chi connectivity index (χ1n) is 6.16. The van der Waals surface area contributed by atoms with Gasteiger partial charge in [-0.25, -0.2) is 0 Å². The van der Waals surface area contributed by atoms with Gasteiger partial charge in [0.05, 0.1) is 11.3 Å². The summed E-state index contributed by atoms with van der Waals surface area (Å²) in [5, 5.41) is 17.9. The number of para-hydroxylation sites is 1. The number of nitriles is 1. The van der Waals surface area contributed by atoms with Gasteiger partial charge in [-0.3, -0.25) is 4.79 Å². The van der Waals surface area contributed by atoms with Crippen molar-refractivity contribution in [2.75, 3.05) is 18.0 Å². The van der Waals surface area contributed by atoms with E-state index in [4.69, 9.17) is 10.4 Å². The van der Waals surface area contributed by atoms with Gasteiger partial charge in [-0.15, -0.1) is 0 Å². The Labute approximate surface area is 106 Å². The summed E-state index contributed by atoms with van der Waals surface area (Å²) in [5.41, 5.74) is 1.59. The minimum atomic E-state index is -0.740. The van der Waals surface area contributed by atoms with Crippen molar-refractivity contribution in [2.24, 2.45) is 5.92 Å². The van der Waals surface area contributed by atoms with E-state index in [1.54, 1.807) is 6.07 Å². The summed E-state index contributed by atoms with van der Waals surface area (Å²) >= 11 is 0. The highest BCUT2D eigenvalue weighted by Crippen LogP contribution is 2.27. The summed E-state index contributed by atoms with van der Waals surface area (Å²) in [7, 11) is 0. The fourth-order valence-electron chi connectivity index (χ4n) is 2.54. The first-order chi connectivity index (χ1) is 8.70. The molecule has 0 spiro atoms. The minimum absolute atomic E-state index is 0.183. The van der Waals surface area contributed by atoms with Crippen LogP contribution in [0.1, 0.15) is 24.8 Å². The molecule has 0 aliphatic carbocycles. The molecule has 0 amide bonds. The lowest BCUT2D eigenvalue weighted by atomic mass is 9.94. The number of anilines is 1. The molecule has 1 aliphatic heterocycles. The van der Waals surface area contributed by atoms with E-state index in [1.165, 1.54) is 0 Å². The molecule has 1 aliphatic rings. The highest BCUT2D eigenvalue weighted by molar-refractivity contribution is 5.67.